The summed E-state index contributed by atoms with van der Waals surface area (Å²) in [5.41, 5.74) is 0. The maximum atomic E-state index is 12.9. The van der Waals surface area contributed by atoms with Crippen molar-refractivity contribution in [3.63, 3.8) is 0 Å². The van der Waals surface area contributed by atoms with E-state index < -0.39 is 10.0 Å². The molecule has 0 saturated carbocycles. The minimum atomic E-state index is -3.55. The van der Waals surface area contributed by atoms with Crippen molar-refractivity contribution in [3.8, 4) is 17.2 Å². The minimum absolute atomic E-state index is 0.120. The fourth-order valence-electron chi connectivity index (χ4n) is 3.06. The molecule has 6 nitrogen and oxygen atoms in total. The summed E-state index contributed by atoms with van der Waals surface area (Å²) in [7, 11) is -3.55. The molecule has 0 radical (unpaired) electrons. The third-order valence-electron chi connectivity index (χ3n) is 4.22. The predicted molar refractivity (Wildman–Crippen MR) is 103 cm³/mol. The van der Waals surface area contributed by atoms with Gasteiger partial charge in [-0.25, -0.2) is 8.42 Å². The van der Waals surface area contributed by atoms with Crippen molar-refractivity contribution in [2.75, 3.05) is 19.7 Å². The molecule has 3 rings (SSSR count). The average Bonchev–Trinajstić information content (AvgIpc) is 2.63. The zero-order valence-corrected chi connectivity index (χ0v) is 16.6. The molecule has 1 fully saturated rings. The molecule has 146 valence electrons. The number of hydrogen-bond donors (Lipinski definition) is 0. The van der Waals surface area contributed by atoms with Gasteiger partial charge in [-0.05, 0) is 69.3 Å². The number of hydrogen-bond acceptors (Lipinski definition) is 5. The monoisotopic (exact) mass is 391 g/mol. The van der Waals surface area contributed by atoms with Crippen LogP contribution in [0.2, 0.25) is 0 Å². The van der Waals surface area contributed by atoms with Crippen LogP contribution < -0.4 is 9.47 Å². The van der Waals surface area contributed by atoms with Crippen LogP contribution in [-0.4, -0.2) is 44.6 Å². The van der Waals surface area contributed by atoms with E-state index in [1.807, 2.05) is 45.0 Å². The van der Waals surface area contributed by atoms with Gasteiger partial charge < -0.3 is 14.2 Å². The number of sulfonamides is 1. The number of ether oxygens (including phenoxy) is 3. The van der Waals surface area contributed by atoms with Crippen molar-refractivity contribution in [2.45, 2.75) is 37.9 Å². The molecule has 2 aromatic rings. The Kier molecular flexibility index (Phi) is 6.04. The second-order valence-corrected chi connectivity index (χ2v) is 8.50. The van der Waals surface area contributed by atoms with E-state index in [0.29, 0.717) is 31.2 Å². The Labute approximate surface area is 160 Å². The maximum Gasteiger partial charge on any atom is 0.243 e. The summed E-state index contributed by atoms with van der Waals surface area (Å²) in [4.78, 5) is 0.253. The average molecular weight is 391 g/mol. The van der Waals surface area contributed by atoms with Gasteiger partial charge in [-0.15, -0.1) is 0 Å². The van der Waals surface area contributed by atoms with E-state index in [4.69, 9.17) is 14.2 Å². The number of nitrogens with zero attached hydrogens (tertiary/aromatic N) is 1. The third kappa shape index (κ3) is 4.80. The van der Waals surface area contributed by atoms with Crippen LogP contribution in [-0.2, 0) is 14.8 Å². The molecule has 1 saturated heterocycles. The van der Waals surface area contributed by atoms with Crippen LogP contribution in [0.4, 0.5) is 0 Å². The fraction of sp³-hybridized carbons (Fsp3) is 0.400. The van der Waals surface area contributed by atoms with Crippen molar-refractivity contribution in [2.24, 2.45) is 0 Å². The van der Waals surface area contributed by atoms with Crippen molar-refractivity contribution in [1.29, 1.82) is 0 Å². The fourth-order valence-corrected chi connectivity index (χ4v) is 4.65. The summed E-state index contributed by atoms with van der Waals surface area (Å²) >= 11 is 0. The first-order chi connectivity index (χ1) is 12.9. The highest BCUT2D eigenvalue weighted by Crippen LogP contribution is 2.27. The van der Waals surface area contributed by atoms with E-state index in [9.17, 15) is 8.42 Å². The first-order valence-corrected chi connectivity index (χ1v) is 10.5. The zero-order valence-electron chi connectivity index (χ0n) is 15.8. The van der Waals surface area contributed by atoms with E-state index in [1.165, 1.54) is 4.31 Å². The smallest absolute Gasteiger partial charge is 0.243 e. The lowest BCUT2D eigenvalue weighted by atomic mass is 10.3. The molecular weight excluding hydrogens is 366 g/mol. The van der Waals surface area contributed by atoms with Gasteiger partial charge in [-0.2, -0.15) is 4.31 Å². The van der Waals surface area contributed by atoms with Crippen LogP contribution in [0.25, 0.3) is 0 Å². The Morgan fingerprint density at radius 2 is 1.41 bits per heavy atom. The SMILES string of the molecule is CCOc1ccc(Oc2ccc(S(=O)(=O)N3CC(C)OC(C)C3)cc2)cc1. The molecule has 0 aromatic heterocycles. The number of benzene rings is 2. The lowest BCUT2D eigenvalue weighted by molar-refractivity contribution is -0.0440. The molecule has 2 atom stereocenters. The molecule has 1 aliphatic heterocycles. The standard InChI is InChI=1S/C20H25NO5S/c1-4-24-17-5-7-18(8-6-17)26-19-9-11-20(12-10-19)27(22,23)21-13-15(2)25-16(3)14-21/h5-12,15-16H,4,13-14H2,1-3H3. The Bertz CT molecular complexity index is 839. The van der Waals surface area contributed by atoms with E-state index in [2.05, 4.69) is 0 Å². The summed E-state index contributed by atoms with van der Waals surface area (Å²) < 4.78 is 44.0. The quantitative estimate of drug-likeness (QED) is 0.752. The predicted octanol–water partition coefficient (Wildman–Crippen LogP) is 3.68. The third-order valence-corrected chi connectivity index (χ3v) is 6.06. The van der Waals surface area contributed by atoms with Crippen LogP contribution in [0.1, 0.15) is 20.8 Å². The molecule has 0 spiro atoms. The molecule has 0 bridgehead atoms. The molecule has 1 aliphatic rings. The highest BCUT2D eigenvalue weighted by Gasteiger charge is 2.32. The zero-order chi connectivity index (χ0) is 19.4. The van der Waals surface area contributed by atoms with Crippen LogP contribution in [0, 0.1) is 0 Å². The summed E-state index contributed by atoms with van der Waals surface area (Å²) in [6.07, 6.45) is -0.239. The van der Waals surface area contributed by atoms with E-state index in [1.54, 1.807) is 24.3 Å². The molecule has 2 unspecified atom stereocenters. The molecule has 0 aliphatic carbocycles. The van der Waals surface area contributed by atoms with Gasteiger partial charge in [0.15, 0.2) is 0 Å². The van der Waals surface area contributed by atoms with Gasteiger partial charge in [-0.1, -0.05) is 0 Å². The molecular formula is C20H25NO5S. The van der Waals surface area contributed by atoms with Gasteiger partial charge in [0, 0.05) is 13.1 Å². The van der Waals surface area contributed by atoms with E-state index in [-0.39, 0.29) is 17.1 Å². The Balaban J connectivity index is 1.70. The van der Waals surface area contributed by atoms with Crippen LogP contribution in [0.15, 0.2) is 53.4 Å². The summed E-state index contributed by atoms with van der Waals surface area (Å²) in [6.45, 7) is 7.02. The van der Waals surface area contributed by atoms with Gasteiger partial charge in [0.25, 0.3) is 0 Å². The molecule has 0 amide bonds. The second-order valence-electron chi connectivity index (χ2n) is 6.56. The van der Waals surface area contributed by atoms with Crippen LogP contribution in [0.3, 0.4) is 0 Å². The van der Waals surface area contributed by atoms with Crippen molar-refractivity contribution in [1.82, 2.24) is 4.31 Å². The summed E-state index contributed by atoms with van der Waals surface area (Å²) in [5, 5.41) is 0. The van der Waals surface area contributed by atoms with Gasteiger partial charge >= 0.3 is 0 Å². The van der Waals surface area contributed by atoms with Crippen molar-refractivity contribution < 1.29 is 22.6 Å². The Morgan fingerprint density at radius 3 is 1.93 bits per heavy atom. The molecule has 7 heteroatoms. The highest BCUT2D eigenvalue weighted by atomic mass is 32.2. The number of morpholine rings is 1. The van der Waals surface area contributed by atoms with E-state index >= 15 is 0 Å². The topological polar surface area (TPSA) is 65.1 Å². The lowest BCUT2D eigenvalue weighted by Gasteiger charge is -2.34. The van der Waals surface area contributed by atoms with Gasteiger partial charge in [0.1, 0.15) is 17.2 Å². The van der Waals surface area contributed by atoms with Crippen molar-refractivity contribution >= 4 is 10.0 Å². The summed E-state index contributed by atoms with van der Waals surface area (Å²) in [5.74, 6) is 2.01. The number of rotatable bonds is 6. The Hall–Kier alpha value is -2.09. The van der Waals surface area contributed by atoms with Gasteiger partial charge in [0.05, 0.1) is 23.7 Å². The molecule has 1 heterocycles. The van der Waals surface area contributed by atoms with Gasteiger partial charge in [-0.3, -0.25) is 0 Å². The van der Waals surface area contributed by atoms with Crippen LogP contribution >= 0.6 is 0 Å². The maximum absolute atomic E-state index is 12.9. The van der Waals surface area contributed by atoms with E-state index in [0.717, 1.165) is 5.75 Å². The first kappa shape index (κ1) is 19.7. The molecule has 2 aromatic carbocycles. The lowest BCUT2D eigenvalue weighted by Crippen LogP contribution is -2.48. The Morgan fingerprint density at radius 1 is 0.926 bits per heavy atom. The van der Waals surface area contributed by atoms with Crippen molar-refractivity contribution in [3.05, 3.63) is 48.5 Å². The van der Waals surface area contributed by atoms with Gasteiger partial charge in [0.2, 0.25) is 10.0 Å². The summed E-state index contributed by atoms with van der Waals surface area (Å²) in [6, 6.07) is 13.8. The highest BCUT2D eigenvalue weighted by molar-refractivity contribution is 7.89. The second kappa shape index (κ2) is 8.29. The molecule has 0 N–H and O–H groups in total. The van der Waals surface area contributed by atoms with Crippen LogP contribution in [0.5, 0.6) is 17.2 Å². The molecule has 27 heavy (non-hydrogen) atoms. The first-order valence-electron chi connectivity index (χ1n) is 9.05. The minimum Gasteiger partial charge on any atom is -0.494 e. The normalized spacial score (nSPS) is 21.0. The largest absolute Gasteiger partial charge is 0.494 e.